The summed E-state index contributed by atoms with van der Waals surface area (Å²) in [7, 11) is 0. The van der Waals surface area contributed by atoms with Gasteiger partial charge in [-0.1, -0.05) is 0 Å². The number of hydrogen-bond donors (Lipinski definition) is 1. The molecule has 0 fully saturated rings. The van der Waals surface area contributed by atoms with E-state index in [9.17, 15) is 13.2 Å². The van der Waals surface area contributed by atoms with Crippen LogP contribution in [0.25, 0.3) is 11.0 Å². The molecule has 0 saturated carbocycles. The highest BCUT2D eigenvalue weighted by Gasteiger charge is 2.34. The molecular weight excluding hydrogens is 263 g/mol. The van der Waals surface area contributed by atoms with Crippen LogP contribution in [0.2, 0.25) is 0 Å². The number of nitrogens with one attached hydrogen (secondary N) is 1. The van der Waals surface area contributed by atoms with Gasteiger partial charge in [-0.2, -0.15) is 18.3 Å². The van der Waals surface area contributed by atoms with Gasteiger partial charge in [-0.3, -0.25) is 10.1 Å². The third-order valence-corrected chi connectivity index (χ3v) is 2.26. The maximum absolute atomic E-state index is 12.4. The molecule has 0 aliphatic carbocycles. The molecule has 0 aliphatic rings. The van der Waals surface area contributed by atoms with Gasteiger partial charge in [0.2, 0.25) is 0 Å². The van der Waals surface area contributed by atoms with Crippen molar-refractivity contribution in [3.63, 3.8) is 0 Å². The molecule has 0 bridgehead atoms. The molecule has 0 unspecified atom stereocenters. The number of halogens is 4. The van der Waals surface area contributed by atoms with Crippen LogP contribution in [-0.4, -0.2) is 15.2 Å². The molecule has 7 heteroatoms. The number of alkyl halides is 3. The third-order valence-electron chi connectivity index (χ3n) is 1.70. The Bertz CT molecular complexity index is 476. The number of aromatic nitrogens is 3. The van der Waals surface area contributed by atoms with E-state index < -0.39 is 11.7 Å². The Morgan fingerprint density at radius 3 is 2.64 bits per heavy atom. The summed E-state index contributed by atoms with van der Waals surface area (Å²) in [6.07, 6.45) is -3.30. The van der Waals surface area contributed by atoms with Crippen LogP contribution in [0.5, 0.6) is 0 Å². The van der Waals surface area contributed by atoms with Crippen molar-refractivity contribution in [1.82, 2.24) is 15.2 Å². The molecule has 2 rings (SSSR count). The molecule has 0 aromatic carbocycles. The molecule has 2 aromatic rings. The van der Waals surface area contributed by atoms with Gasteiger partial charge in [0.15, 0.2) is 0 Å². The van der Waals surface area contributed by atoms with Gasteiger partial charge in [-0.25, -0.2) is 0 Å². The molecule has 74 valence electrons. The topological polar surface area (TPSA) is 41.6 Å². The second-order valence-electron chi connectivity index (χ2n) is 2.59. The van der Waals surface area contributed by atoms with Crippen LogP contribution < -0.4 is 0 Å². The van der Waals surface area contributed by atoms with Gasteiger partial charge in [-0.15, -0.1) is 0 Å². The summed E-state index contributed by atoms with van der Waals surface area (Å²) in [4.78, 5) is 3.77. The third kappa shape index (κ3) is 1.37. The molecule has 0 atom stereocenters. The Morgan fingerprint density at radius 2 is 2.00 bits per heavy atom. The summed E-state index contributed by atoms with van der Waals surface area (Å²) >= 11 is 3.02. The predicted octanol–water partition coefficient (Wildman–Crippen LogP) is 2.74. The van der Waals surface area contributed by atoms with E-state index >= 15 is 0 Å². The minimum atomic E-state index is -4.41. The van der Waals surface area contributed by atoms with Crippen molar-refractivity contribution in [2.75, 3.05) is 0 Å². The fourth-order valence-electron chi connectivity index (χ4n) is 1.11. The molecule has 0 aliphatic heterocycles. The van der Waals surface area contributed by atoms with Crippen LogP contribution in [-0.2, 0) is 6.18 Å². The van der Waals surface area contributed by atoms with Crippen LogP contribution in [0, 0.1) is 0 Å². The zero-order valence-electron chi connectivity index (χ0n) is 6.56. The predicted molar refractivity (Wildman–Crippen MR) is 46.6 cm³/mol. The lowest BCUT2D eigenvalue weighted by Crippen LogP contribution is -2.05. The minimum absolute atomic E-state index is 0.174. The van der Waals surface area contributed by atoms with Crippen LogP contribution in [0.15, 0.2) is 16.9 Å². The van der Waals surface area contributed by atoms with Crippen LogP contribution >= 0.6 is 15.9 Å². The van der Waals surface area contributed by atoms with Gasteiger partial charge in [0, 0.05) is 6.20 Å². The van der Waals surface area contributed by atoms with Crippen molar-refractivity contribution >= 4 is 27.0 Å². The molecule has 0 saturated heterocycles. The zero-order valence-corrected chi connectivity index (χ0v) is 8.15. The highest BCUT2D eigenvalue weighted by molar-refractivity contribution is 9.10. The second-order valence-corrected chi connectivity index (χ2v) is 3.38. The van der Waals surface area contributed by atoms with Crippen molar-refractivity contribution in [3.8, 4) is 0 Å². The summed E-state index contributed by atoms with van der Waals surface area (Å²) < 4.78 is 37.6. The molecule has 14 heavy (non-hydrogen) atoms. The summed E-state index contributed by atoms with van der Waals surface area (Å²) in [5, 5.41) is 5.92. The number of rotatable bonds is 0. The first-order chi connectivity index (χ1) is 6.50. The average Bonchev–Trinajstić information content (AvgIpc) is 2.46. The van der Waals surface area contributed by atoms with Gasteiger partial charge >= 0.3 is 6.18 Å². The first-order valence-electron chi connectivity index (χ1n) is 3.56. The van der Waals surface area contributed by atoms with Gasteiger partial charge in [0.05, 0.1) is 5.56 Å². The number of nitrogens with zero attached hydrogens (tertiary/aromatic N) is 2. The van der Waals surface area contributed by atoms with Gasteiger partial charge in [0.1, 0.15) is 15.6 Å². The standard InChI is InChI=1S/C7H3BrF3N3/c8-6-5-4(13-14-6)3(1-2-12-5)7(9,10)11/h1-2H,(H,13,14). The molecule has 1 N–H and O–H groups in total. The van der Waals surface area contributed by atoms with Crippen LogP contribution in [0.1, 0.15) is 5.56 Å². The van der Waals surface area contributed by atoms with Gasteiger partial charge in [0.25, 0.3) is 0 Å². The largest absolute Gasteiger partial charge is 0.418 e. The zero-order chi connectivity index (χ0) is 10.3. The highest BCUT2D eigenvalue weighted by Crippen LogP contribution is 2.34. The van der Waals surface area contributed by atoms with E-state index in [1.807, 2.05) is 0 Å². The quantitative estimate of drug-likeness (QED) is 0.796. The Morgan fingerprint density at radius 1 is 1.29 bits per heavy atom. The van der Waals surface area contributed by atoms with E-state index in [-0.39, 0.29) is 11.0 Å². The monoisotopic (exact) mass is 265 g/mol. The average molecular weight is 266 g/mol. The molecule has 2 heterocycles. The van der Waals surface area contributed by atoms with Gasteiger partial charge in [-0.05, 0) is 22.0 Å². The van der Waals surface area contributed by atoms with E-state index in [1.165, 1.54) is 0 Å². The fourth-order valence-corrected chi connectivity index (χ4v) is 1.49. The van der Waals surface area contributed by atoms with Crippen LogP contribution in [0.3, 0.4) is 0 Å². The van der Waals surface area contributed by atoms with E-state index in [4.69, 9.17) is 0 Å². The first-order valence-corrected chi connectivity index (χ1v) is 4.35. The van der Waals surface area contributed by atoms with E-state index in [1.54, 1.807) is 0 Å². The molecular formula is C7H3BrF3N3. The van der Waals surface area contributed by atoms with Crippen molar-refractivity contribution in [2.45, 2.75) is 6.18 Å². The molecule has 0 amide bonds. The number of hydrogen-bond acceptors (Lipinski definition) is 2. The van der Waals surface area contributed by atoms with Crippen molar-refractivity contribution in [1.29, 1.82) is 0 Å². The molecule has 0 radical (unpaired) electrons. The number of aromatic amines is 1. The van der Waals surface area contributed by atoms with E-state index in [2.05, 4.69) is 31.1 Å². The molecule has 3 nitrogen and oxygen atoms in total. The van der Waals surface area contributed by atoms with Crippen molar-refractivity contribution in [3.05, 3.63) is 22.4 Å². The Balaban J connectivity index is 2.79. The first kappa shape index (κ1) is 9.45. The number of pyridine rings is 1. The Hall–Kier alpha value is -1.11. The van der Waals surface area contributed by atoms with Crippen molar-refractivity contribution in [2.24, 2.45) is 0 Å². The highest BCUT2D eigenvalue weighted by atomic mass is 79.9. The SMILES string of the molecule is FC(F)(F)c1ccnc2c(Br)[nH]nc12. The van der Waals surface area contributed by atoms with Crippen LogP contribution in [0.4, 0.5) is 13.2 Å². The lowest BCUT2D eigenvalue weighted by Gasteiger charge is -2.05. The lowest BCUT2D eigenvalue weighted by atomic mass is 10.2. The van der Waals surface area contributed by atoms with E-state index in [0.717, 1.165) is 12.3 Å². The van der Waals surface area contributed by atoms with Gasteiger partial charge < -0.3 is 0 Å². The molecule has 2 aromatic heterocycles. The van der Waals surface area contributed by atoms with Crippen molar-refractivity contribution < 1.29 is 13.2 Å². The lowest BCUT2D eigenvalue weighted by molar-refractivity contribution is -0.136. The fraction of sp³-hybridized carbons (Fsp3) is 0.143. The minimum Gasteiger partial charge on any atom is -0.269 e. The molecule has 0 spiro atoms. The Kier molecular flexibility index (Phi) is 1.99. The Labute approximate surface area is 84.5 Å². The second kappa shape index (κ2) is 2.94. The normalized spacial score (nSPS) is 12.3. The summed E-state index contributed by atoms with van der Waals surface area (Å²) in [5.41, 5.74) is -0.781. The summed E-state index contributed by atoms with van der Waals surface area (Å²) in [6, 6.07) is 0.898. The number of fused-ring (bicyclic) bond motifs is 1. The summed E-state index contributed by atoms with van der Waals surface area (Å²) in [6.45, 7) is 0. The summed E-state index contributed by atoms with van der Waals surface area (Å²) in [5.74, 6) is 0. The smallest absolute Gasteiger partial charge is 0.269 e. The maximum Gasteiger partial charge on any atom is 0.418 e. The maximum atomic E-state index is 12.4. The van der Waals surface area contributed by atoms with E-state index in [0.29, 0.717) is 4.60 Å². The number of H-pyrrole nitrogens is 1.